The molecule has 0 unspecified atom stereocenters. The van der Waals surface area contributed by atoms with Gasteiger partial charge in [-0.15, -0.1) is 0 Å². The number of carbonyl (C=O) groups is 2. The molecule has 3 rings (SSSR count). The maximum absolute atomic E-state index is 12.3. The van der Waals surface area contributed by atoms with E-state index in [0.29, 0.717) is 0 Å². The van der Waals surface area contributed by atoms with Crippen molar-refractivity contribution in [3.63, 3.8) is 0 Å². The van der Waals surface area contributed by atoms with Crippen LogP contribution in [0.3, 0.4) is 0 Å². The molecule has 10 heteroatoms. The summed E-state index contributed by atoms with van der Waals surface area (Å²) in [6, 6.07) is 15.6. The van der Waals surface area contributed by atoms with E-state index in [2.05, 4.69) is 26.3 Å². The minimum Gasteiger partial charge on any atom is -0.475 e. The van der Waals surface area contributed by atoms with Crippen LogP contribution < -0.4 is 11.2 Å². The maximum Gasteiger partial charge on any atom is 0.490 e. The number of amides is 1. The molecule has 154 valence electrons. The lowest BCUT2D eigenvalue weighted by Crippen LogP contribution is -2.21. The zero-order valence-corrected chi connectivity index (χ0v) is 16.4. The van der Waals surface area contributed by atoms with Crippen LogP contribution in [0.2, 0.25) is 0 Å². The fourth-order valence-corrected chi connectivity index (χ4v) is 2.84. The van der Waals surface area contributed by atoms with E-state index in [-0.39, 0.29) is 17.7 Å². The Morgan fingerprint density at radius 1 is 1.21 bits per heavy atom. The molecule has 2 aromatic carbocycles. The van der Waals surface area contributed by atoms with E-state index in [1.165, 1.54) is 0 Å². The van der Waals surface area contributed by atoms with E-state index < -0.39 is 12.1 Å². The Hall–Kier alpha value is -2.88. The molecule has 1 saturated carbocycles. The monoisotopic (exact) mass is 471 g/mol. The van der Waals surface area contributed by atoms with Crippen LogP contribution in [-0.4, -0.2) is 29.4 Å². The van der Waals surface area contributed by atoms with E-state index in [1.54, 1.807) is 6.21 Å². The summed E-state index contributed by atoms with van der Waals surface area (Å²) in [4.78, 5) is 21.2. The Balaban J connectivity index is 0.000000370. The SMILES string of the molecule is NN=Cc1cccc([C@H]2C[C@H]2C(=O)Nc2ccc(Br)cc2)c1.O=C(O)C(F)(F)F. The third-order valence-electron chi connectivity index (χ3n) is 4.04. The number of hydrazone groups is 1. The summed E-state index contributed by atoms with van der Waals surface area (Å²) in [5, 5.41) is 13.6. The number of nitrogens with one attached hydrogen (secondary N) is 1. The normalized spacial score (nSPS) is 17.9. The molecule has 0 aliphatic heterocycles. The van der Waals surface area contributed by atoms with Gasteiger partial charge >= 0.3 is 12.1 Å². The number of hydrogen-bond donors (Lipinski definition) is 3. The molecule has 2 aromatic rings. The Labute approximate surface area is 172 Å². The standard InChI is InChI=1S/C17H16BrN3O.C2HF3O2/c18-13-4-6-14(7-5-13)21-17(22)16-9-15(16)12-3-1-2-11(8-12)10-20-19;3-2(4,5)1(6)7/h1-8,10,15-16H,9,19H2,(H,21,22);(H,6,7)/t15-,16-;/m1./s1. The number of carboxylic acids is 1. The molecule has 1 aliphatic rings. The molecule has 6 nitrogen and oxygen atoms in total. The predicted molar refractivity (Wildman–Crippen MR) is 106 cm³/mol. The van der Waals surface area contributed by atoms with Gasteiger partial charge in [-0.05, 0) is 53.8 Å². The van der Waals surface area contributed by atoms with Gasteiger partial charge in [-0.25, -0.2) is 4.79 Å². The summed E-state index contributed by atoms with van der Waals surface area (Å²) in [5.74, 6) is 2.81. The Kier molecular flexibility index (Phi) is 7.38. The fourth-order valence-electron chi connectivity index (χ4n) is 2.58. The maximum atomic E-state index is 12.3. The van der Waals surface area contributed by atoms with Crippen molar-refractivity contribution >= 4 is 39.7 Å². The Morgan fingerprint density at radius 2 is 1.83 bits per heavy atom. The van der Waals surface area contributed by atoms with Crippen molar-refractivity contribution in [2.45, 2.75) is 18.5 Å². The van der Waals surface area contributed by atoms with E-state index in [9.17, 15) is 18.0 Å². The molecular weight excluding hydrogens is 455 g/mol. The van der Waals surface area contributed by atoms with Crippen molar-refractivity contribution in [2.24, 2.45) is 16.9 Å². The van der Waals surface area contributed by atoms with Crippen LogP contribution in [-0.2, 0) is 9.59 Å². The lowest BCUT2D eigenvalue weighted by Gasteiger charge is -2.05. The second-order valence-electron chi connectivity index (χ2n) is 6.20. The van der Waals surface area contributed by atoms with Gasteiger partial charge in [0.05, 0.1) is 6.21 Å². The van der Waals surface area contributed by atoms with Gasteiger partial charge in [-0.1, -0.05) is 34.1 Å². The van der Waals surface area contributed by atoms with Crippen molar-refractivity contribution in [2.75, 3.05) is 5.32 Å². The van der Waals surface area contributed by atoms with Gasteiger partial charge < -0.3 is 16.3 Å². The second kappa shape index (κ2) is 9.55. The van der Waals surface area contributed by atoms with Gasteiger partial charge in [0.1, 0.15) is 0 Å². The van der Waals surface area contributed by atoms with Gasteiger partial charge in [0.2, 0.25) is 5.91 Å². The molecule has 0 heterocycles. The number of rotatable bonds is 4. The van der Waals surface area contributed by atoms with Crippen LogP contribution in [0, 0.1) is 5.92 Å². The van der Waals surface area contributed by atoms with Gasteiger partial charge in [0.25, 0.3) is 0 Å². The number of nitrogens with zero attached hydrogens (tertiary/aromatic N) is 1. The van der Waals surface area contributed by atoms with Crippen LogP contribution in [0.25, 0.3) is 0 Å². The number of alkyl halides is 3. The van der Waals surface area contributed by atoms with Crippen LogP contribution in [0.1, 0.15) is 23.5 Å². The molecule has 4 N–H and O–H groups in total. The van der Waals surface area contributed by atoms with E-state index in [0.717, 1.165) is 27.7 Å². The first-order chi connectivity index (χ1) is 13.6. The number of carboxylic acid groups (broad SMARTS) is 1. The summed E-state index contributed by atoms with van der Waals surface area (Å²) in [7, 11) is 0. The largest absolute Gasteiger partial charge is 0.490 e. The zero-order chi connectivity index (χ0) is 21.6. The van der Waals surface area contributed by atoms with Crippen LogP contribution >= 0.6 is 15.9 Å². The van der Waals surface area contributed by atoms with Crippen molar-refractivity contribution in [3.8, 4) is 0 Å². The van der Waals surface area contributed by atoms with E-state index >= 15 is 0 Å². The topological polar surface area (TPSA) is 105 Å². The van der Waals surface area contributed by atoms with Crippen molar-refractivity contribution in [1.29, 1.82) is 0 Å². The summed E-state index contributed by atoms with van der Waals surface area (Å²) < 4.78 is 32.7. The molecule has 1 fully saturated rings. The van der Waals surface area contributed by atoms with Crippen molar-refractivity contribution in [3.05, 3.63) is 64.1 Å². The minimum atomic E-state index is -5.08. The molecule has 0 bridgehead atoms. The highest BCUT2D eigenvalue weighted by atomic mass is 79.9. The Morgan fingerprint density at radius 3 is 2.38 bits per heavy atom. The van der Waals surface area contributed by atoms with Crippen LogP contribution in [0.4, 0.5) is 18.9 Å². The molecule has 1 amide bonds. The number of nitrogens with two attached hydrogens (primary N) is 1. The molecule has 1 aliphatic carbocycles. The predicted octanol–water partition coefficient (Wildman–Crippen LogP) is 4.12. The Bertz CT molecular complexity index is 902. The third kappa shape index (κ3) is 6.90. The highest BCUT2D eigenvalue weighted by molar-refractivity contribution is 9.10. The highest BCUT2D eigenvalue weighted by Gasteiger charge is 2.44. The molecule has 29 heavy (non-hydrogen) atoms. The summed E-state index contributed by atoms with van der Waals surface area (Å²) in [5.41, 5.74) is 2.94. The summed E-state index contributed by atoms with van der Waals surface area (Å²) in [6.07, 6.45) is -2.59. The number of anilines is 1. The van der Waals surface area contributed by atoms with Gasteiger partial charge in [0, 0.05) is 16.1 Å². The molecule has 2 atom stereocenters. The van der Waals surface area contributed by atoms with Gasteiger partial charge in [0.15, 0.2) is 0 Å². The number of carbonyl (C=O) groups excluding carboxylic acids is 1. The minimum absolute atomic E-state index is 0.0358. The number of halogens is 4. The number of benzene rings is 2. The molecule has 0 aromatic heterocycles. The number of hydrogen-bond acceptors (Lipinski definition) is 4. The molecular formula is C19H17BrF3N3O3. The number of aliphatic carboxylic acids is 1. The second-order valence-corrected chi connectivity index (χ2v) is 7.11. The zero-order valence-electron chi connectivity index (χ0n) is 14.9. The average molecular weight is 472 g/mol. The smallest absolute Gasteiger partial charge is 0.475 e. The van der Waals surface area contributed by atoms with Crippen molar-refractivity contribution < 1.29 is 27.9 Å². The lowest BCUT2D eigenvalue weighted by molar-refractivity contribution is -0.192. The molecule has 0 saturated heterocycles. The summed E-state index contributed by atoms with van der Waals surface area (Å²) in [6.45, 7) is 0. The average Bonchev–Trinajstić information content (AvgIpc) is 3.45. The molecule has 0 radical (unpaired) electrons. The van der Waals surface area contributed by atoms with Crippen molar-refractivity contribution in [1.82, 2.24) is 0 Å². The highest BCUT2D eigenvalue weighted by Crippen LogP contribution is 2.48. The fraction of sp³-hybridized carbons (Fsp3) is 0.211. The van der Waals surface area contributed by atoms with E-state index in [4.69, 9.17) is 15.7 Å². The first kappa shape index (κ1) is 22.4. The third-order valence-corrected chi connectivity index (χ3v) is 4.57. The van der Waals surface area contributed by atoms with Crippen LogP contribution in [0.15, 0.2) is 58.1 Å². The molecule has 0 spiro atoms. The van der Waals surface area contributed by atoms with Gasteiger partial charge in [-0.3, -0.25) is 4.79 Å². The quantitative estimate of drug-likeness (QED) is 0.354. The van der Waals surface area contributed by atoms with E-state index in [1.807, 2.05) is 48.5 Å². The first-order valence-electron chi connectivity index (χ1n) is 8.31. The lowest BCUT2D eigenvalue weighted by atomic mass is 10.1. The summed E-state index contributed by atoms with van der Waals surface area (Å²) >= 11 is 3.38. The first-order valence-corrected chi connectivity index (χ1v) is 9.11. The van der Waals surface area contributed by atoms with Crippen LogP contribution in [0.5, 0.6) is 0 Å². The van der Waals surface area contributed by atoms with Gasteiger partial charge in [-0.2, -0.15) is 18.3 Å².